The second kappa shape index (κ2) is 18.4. The summed E-state index contributed by atoms with van der Waals surface area (Å²) in [6, 6.07) is 16.7. The molecule has 21 nitrogen and oxygen atoms in total. The van der Waals surface area contributed by atoms with Crippen LogP contribution >= 0.6 is 35.7 Å². The van der Waals surface area contributed by atoms with Gasteiger partial charge in [-0.2, -0.15) is 18.9 Å². The maximum absolute atomic E-state index is 12.9. The minimum atomic E-state index is -4.82. The molecule has 0 aliphatic carbocycles. The molecular formula is C29H29ClN8O13S4+2. The van der Waals surface area contributed by atoms with Crippen molar-refractivity contribution in [2.45, 2.75) is 21.6 Å². The topological polar surface area (TPSA) is 282 Å². The summed E-state index contributed by atoms with van der Waals surface area (Å²) in [5, 5.41) is 46.5. The molecule has 0 spiro atoms. The highest BCUT2D eigenvalue weighted by molar-refractivity contribution is 7.95. The number of hydrogen-bond acceptors (Lipinski definition) is 20. The average molecular weight is 861 g/mol. The standard InChI is InChI=1S/C29H27ClN8O13S4/c1-2-37(20-4-3-5-22(14-20)54(42,43)11-10-47-55(44,45)46)38-17-32-16-36(29(38)30)35-19-7-9-24(26(13-19)53-51-49-41)33-34-28-23(31)8-6-18-12-21(52-50-48-40)15-25(39)27(18)28/h3-9,12-17H,2,10-11H2,1H3,(H5-2,31,33,34,35,39,40,41,44,45,46)/p+2. The number of hydrogen-bond donors (Lipinski definition) is 6. The molecule has 292 valence electrons. The van der Waals surface area contributed by atoms with E-state index in [0.29, 0.717) is 45.7 Å². The van der Waals surface area contributed by atoms with Crippen LogP contribution in [0.4, 0.5) is 28.4 Å². The van der Waals surface area contributed by atoms with Crippen LogP contribution in [-0.4, -0.2) is 60.9 Å². The number of phenolic OH excluding ortho intramolecular Hbond substituents is 1. The third-order valence-electron chi connectivity index (χ3n) is 7.22. The van der Waals surface area contributed by atoms with Crippen molar-refractivity contribution in [3.8, 4) is 5.75 Å². The van der Waals surface area contributed by atoms with Crippen LogP contribution in [0, 0.1) is 0 Å². The minimum absolute atomic E-state index is 0.0443. The lowest BCUT2D eigenvalue weighted by Crippen LogP contribution is -2.63. The van der Waals surface area contributed by atoms with Gasteiger partial charge in [-0.15, -0.1) is 18.9 Å². The number of halogens is 1. The normalized spacial score (nSPS) is 12.1. The molecule has 4 aromatic carbocycles. The lowest BCUT2D eigenvalue weighted by atomic mass is 10.1. The molecule has 1 aromatic heterocycles. The van der Waals surface area contributed by atoms with Crippen LogP contribution in [0.3, 0.4) is 0 Å². The summed E-state index contributed by atoms with van der Waals surface area (Å²) in [6.45, 7) is 1.27. The summed E-state index contributed by atoms with van der Waals surface area (Å²) in [5.41, 5.74) is 10.6. The van der Waals surface area contributed by atoms with E-state index < -0.39 is 32.6 Å². The summed E-state index contributed by atoms with van der Waals surface area (Å²) >= 11 is 8.04. The molecule has 0 radical (unpaired) electrons. The van der Waals surface area contributed by atoms with Crippen molar-refractivity contribution in [2.75, 3.05) is 35.1 Å². The highest BCUT2D eigenvalue weighted by Crippen LogP contribution is 2.42. The van der Waals surface area contributed by atoms with Crippen LogP contribution in [0.25, 0.3) is 10.8 Å². The first-order chi connectivity index (χ1) is 26.2. The number of aromatic nitrogens is 3. The Balaban J connectivity index is 1.42. The minimum Gasteiger partial charge on any atom is -0.507 e. The highest BCUT2D eigenvalue weighted by atomic mass is 35.5. The van der Waals surface area contributed by atoms with Crippen molar-refractivity contribution in [3.63, 3.8) is 0 Å². The smallest absolute Gasteiger partial charge is 0.469 e. The van der Waals surface area contributed by atoms with Gasteiger partial charge in [0.1, 0.15) is 17.1 Å². The maximum atomic E-state index is 12.9. The van der Waals surface area contributed by atoms with Gasteiger partial charge in [-0.3, -0.25) is 4.55 Å². The van der Waals surface area contributed by atoms with Gasteiger partial charge in [-0.05, 0) is 76.3 Å². The Hall–Kier alpha value is -4.48. The van der Waals surface area contributed by atoms with Gasteiger partial charge in [-0.25, -0.2) is 23.1 Å². The number of nitrogens with zero attached hydrogens (tertiary/aromatic N) is 6. The number of phenols is 1. The van der Waals surface area contributed by atoms with Crippen molar-refractivity contribution < 1.29 is 69.3 Å². The molecule has 7 N–H and O–H groups in total. The fraction of sp³-hybridized carbons (Fsp3) is 0.138. The summed E-state index contributed by atoms with van der Waals surface area (Å²) < 4.78 is 72.3. The second-order valence-electron chi connectivity index (χ2n) is 10.6. The number of fused-ring (bicyclic) bond motifs is 1. The molecule has 5 rings (SSSR count). The molecule has 0 atom stereocenters. The Morgan fingerprint density at radius 3 is 2.47 bits per heavy atom. The zero-order valence-electron chi connectivity index (χ0n) is 27.9. The van der Waals surface area contributed by atoms with Gasteiger partial charge in [-0.1, -0.05) is 22.2 Å². The molecule has 0 bridgehead atoms. The van der Waals surface area contributed by atoms with Gasteiger partial charge in [0.05, 0.1) is 80.2 Å². The Morgan fingerprint density at radius 2 is 1.75 bits per heavy atom. The number of anilines is 3. The van der Waals surface area contributed by atoms with E-state index in [1.165, 1.54) is 46.3 Å². The first-order valence-corrected chi connectivity index (χ1v) is 20.0. The van der Waals surface area contributed by atoms with E-state index in [0.717, 1.165) is 0 Å². The molecule has 5 aromatic rings. The van der Waals surface area contributed by atoms with Crippen molar-refractivity contribution in [1.29, 1.82) is 0 Å². The predicted molar refractivity (Wildman–Crippen MR) is 195 cm³/mol. The number of nitrogens with two attached hydrogens (primary N) is 1. The third kappa shape index (κ3) is 10.6. The van der Waals surface area contributed by atoms with Gasteiger partial charge in [0, 0.05) is 16.5 Å². The van der Waals surface area contributed by atoms with Gasteiger partial charge in [0.25, 0.3) is 0 Å². The molecule has 0 saturated carbocycles. The molecule has 0 amide bonds. The van der Waals surface area contributed by atoms with Crippen molar-refractivity contribution in [2.24, 2.45) is 10.2 Å². The summed E-state index contributed by atoms with van der Waals surface area (Å²) in [6.07, 6.45) is 2.75. The summed E-state index contributed by atoms with van der Waals surface area (Å²) in [4.78, 5) is 4.76. The number of aromatic hydroxyl groups is 1. The predicted octanol–water partition coefficient (Wildman–Crippen LogP) is 4.78. The SMILES string of the molecule is CCN(c1cccc(S(=O)(=O)CCOS(=O)(=O)O)c1)[n+]1cnc[n+](Nc2ccc(N=Nc3c(N)ccc4cc(SOOO)cc(O)c34)c(SOOO)c2)c1Cl. The van der Waals surface area contributed by atoms with E-state index in [1.807, 2.05) is 0 Å². The molecule has 1 heterocycles. The molecule has 0 aliphatic rings. The zero-order chi connectivity index (χ0) is 39.8. The molecule has 0 unspecified atom stereocenters. The molecule has 55 heavy (non-hydrogen) atoms. The van der Waals surface area contributed by atoms with Crippen LogP contribution in [0.1, 0.15) is 6.92 Å². The van der Waals surface area contributed by atoms with E-state index in [9.17, 15) is 21.9 Å². The summed E-state index contributed by atoms with van der Waals surface area (Å²) in [7, 11) is -8.85. The molecular weight excluding hydrogens is 832 g/mol. The molecule has 0 aliphatic heterocycles. The van der Waals surface area contributed by atoms with E-state index in [-0.39, 0.29) is 49.8 Å². The number of nitrogens with one attached hydrogen (secondary N) is 1. The first-order valence-electron chi connectivity index (χ1n) is 15.1. The second-order valence-corrected chi connectivity index (χ2v) is 15.7. The van der Waals surface area contributed by atoms with Crippen LogP contribution in [0.15, 0.2) is 104 Å². The fourth-order valence-corrected chi connectivity index (χ4v) is 7.58. The van der Waals surface area contributed by atoms with E-state index in [4.69, 9.17) is 32.4 Å². The monoisotopic (exact) mass is 860 g/mol. The number of nitrogen functional groups attached to an aromatic ring is 1. The van der Waals surface area contributed by atoms with Gasteiger partial charge in [0.2, 0.25) is 0 Å². The molecule has 0 fully saturated rings. The zero-order valence-corrected chi connectivity index (χ0v) is 31.9. The number of sulfone groups is 1. The lowest BCUT2D eigenvalue weighted by Gasteiger charge is -2.18. The maximum Gasteiger partial charge on any atom is 0.469 e. The van der Waals surface area contributed by atoms with Crippen LogP contribution in [0.2, 0.25) is 5.28 Å². The van der Waals surface area contributed by atoms with Gasteiger partial charge < -0.3 is 10.8 Å². The number of rotatable bonds is 18. The Kier molecular flexibility index (Phi) is 14.0. The van der Waals surface area contributed by atoms with Crippen molar-refractivity contribution >= 4 is 95.1 Å². The Bertz CT molecular complexity index is 2430. The molecule has 0 saturated heterocycles. The van der Waals surface area contributed by atoms with Gasteiger partial charge >= 0.3 is 28.3 Å². The van der Waals surface area contributed by atoms with E-state index >= 15 is 0 Å². The largest absolute Gasteiger partial charge is 0.507 e. The fourth-order valence-electron chi connectivity index (χ4n) is 4.92. The average Bonchev–Trinajstić information content (AvgIpc) is 3.14. The Labute approximate surface area is 325 Å². The number of azo groups is 1. The van der Waals surface area contributed by atoms with Crippen molar-refractivity contribution in [3.05, 3.63) is 84.7 Å². The quantitative estimate of drug-likeness (QED) is 0.0131. The van der Waals surface area contributed by atoms with Crippen LogP contribution in [0.5, 0.6) is 5.75 Å². The molecule has 26 heteroatoms. The third-order valence-corrected chi connectivity index (χ3v) is 10.9. The summed E-state index contributed by atoms with van der Waals surface area (Å²) in [5.74, 6) is -0.927. The van der Waals surface area contributed by atoms with Crippen LogP contribution in [-0.2, 0) is 43.2 Å². The highest BCUT2D eigenvalue weighted by Gasteiger charge is 2.28. The van der Waals surface area contributed by atoms with E-state index in [1.54, 1.807) is 54.4 Å². The van der Waals surface area contributed by atoms with E-state index in [2.05, 4.69) is 43.6 Å². The first kappa shape index (κ1) is 41.7. The van der Waals surface area contributed by atoms with Crippen LogP contribution < -0.4 is 25.5 Å². The van der Waals surface area contributed by atoms with Crippen molar-refractivity contribution in [1.82, 2.24) is 4.98 Å². The number of benzene rings is 4. The lowest BCUT2D eigenvalue weighted by molar-refractivity contribution is -0.798. The van der Waals surface area contributed by atoms with Gasteiger partial charge in [0.15, 0.2) is 9.84 Å². The Morgan fingerprint density at radius 1 is 0.982 bits per heavy atom.